The van der Waals surface area contributed by atoms with Crippen LogP contribution >= 0.6 is 0 Å². The van der Waals surface area contributed by atoms with Gasteiger partial charge in [-0.05, 0) is 6.92 Å². The van der Waals surface area contributed by atoms with Crippen molar-refractivity contribution in [1.29, 1.82) is 0 Å². The van der Waals surface area contributed by atoms with E-state index in [2.05, 4.69) is 10.1 Å². The molecule has 94 valence electrons. The molecule has 0 aromatic rings. The topological polar surface area (TPSA) is 110 Å². The number of hydrogen-bond acceptors (Lipinski definition) is 5. The molecule has 0 saturated heterocycles. The summed E-state index contributed by atoms with van der Waals surface area (Å²) in [6.07, 6.45) is 0. The number of carboxylic acids is 1. The predicted molar refractivity (Wildman–Crippen MR) is 55.8 cm³/mol. The second kappa shape index (κ2) is 6.44. The van der Waals surface area contributed by atoms with Gasteiger partial charge in [-0.25, -0.2) is 8.42 Å². The van der Waals surface area contributed by atoms with Crippen LogP contribution in [0.25, 0.3) is 0 Å². The molecular formula is C8H15NO6S. The third kappa shape index (κ3) is 6.36. The maximum Gasteiger partial charge on any atom is 0.325 e. The maximum atomic E-state index is 11.3. The Bertz CT molecular complexity index is 350. The monoisotopic (exact) mass is 253 g/mol. The zero-order chi connectivity index (χ0) is 12.8. The lowest BCUT2D eigenvalue weighted by Gasteiger charge is -2.09. The first-order chi connectivity index (χ1) is 7.28. The number of carboxylic acid groups (broad SMARTS) is 1. The summed E-state index contributed by atoms with van der Waals surface area (Å²) in [7, 11) is -2.19. The molecule has 0 aliphatic rings. The van der Waals surface area contributed by atoms with Gasteiger partial charge in [0.05, 0.1) is 12.4 Å². The van der Waals surface area contributed by atoms with E-state index in [9.17, 15) is 18.0 Å². The quantitative estimate of drug-likeness (QED) is 0.579. The summed E-state index contributed by atoms with van der Waals surface area (Å²) in [5.74, 6) is -3.04. The lowest BCUT2D eigenvalue weighted by Crippen LogP contribution is -2.41. The number of hydrogen-bond donors (Lipinski definition) is 2. The molecule has 0 spiro atoms. The van der Waals surface area contributed by atoms with Crippen molar-refractivity contribution in [2.45, 2.75) is 13.0 Å². The van der Waals surface area contributed by atoms with E-state index >= 15 is 0 Å². The van der Waals surface area contributed by atoms with Gasteiger partial charge in [-0.2, -0.15) is 0 Å². The molecule has 0 heterocycles. The third-order valence-electron chi connectivity index (χ3n) is 1.70. The summed E-state index contributed by atoms with van der Waals surface area (Å²) in [6.45, 7) is 1.26. The maximum absolute atomic E-state index is 11.3. The Balaban J connectivity index is 4.19. The Labute approximate surface area is 93.7 Å². The molecule has 0 fully saturated rings. The van der Waals surface area contributed by atoms with Crippen LogP contribution in [0, 0.1) is 0 Å². The number of carbonyl (C=O) groups is 2. The molecule has 1 atom stereocenters. The van der Waals surface area contributed by atoms with Gasteiger partial charge >= 0.3 is 5.97 Å². The van der Waals surface area contributed by atoms with Gasteiger partial charge in [0.25, 0.3) is 0 Å². The molecule has 0 radical (unpaired) electrons. The van der Waals surface area contributed by atoms with Crippen LogP contribution in [0.3, 0.4) is 0 Å². The van der Waals surface area contributed by atoms with Crippen LogP contribution in [0.5, 0.6) is 0 Å². The van der Waals surface area contributed by atoms with Gasteiger partial charge in [0.1, 0.15) is 11.8 Å². The predicted octanol–water partition coefficient (Wildman–Crippen LogP) is -1.36. The fourth-order valence-electron chi connectivity index (χ4n) is 0.827. The zero-order valence-electron chi connectivity index (χ0n) is 9.10. The van der Waals surface area contributed by atoms with Gasteiger partial charge in [0, 0.05) is 7.11 Å². The molecule has 0 bridgehead atoms. The van der Waals surface area contributed by atoms with Crippen LogP contribution in [0.1, 0.15) is 6.92 Å². The highest BCUT2D eigenvalue weighted by Crippen LogP contribution is 1.92. The van der Waals surface area contributed by atoms with Gasteiger partial charge in [0.2, 0.25) is 5.91 Å². The van der Waals surface area contributed by atoms with Crippen molar-refractivity contribution in [2.24, 2.45) is 0 Å². The highest BCUT2D eigenvalue weighted by molar-refractivity contribution is 7.92. The van der Waals surface area contributed by atoms with E-state index in [1.54, 1.807) is 0 Å². The van der Waals surface area contributed by atoms with Gasteiger partial charge < -0.3 is 15.2 Å². The molecule has 2 N–H and O–H groups in total. The first kappa shape index (κ1) is 14.8. The number of methoxy groups -OCH3 is 1. The minimum atomic E-state index is -3.54. The summed E-state index contributed by atoms with van der Waals surface area (Å²) in [4.78, 5) is 21.5. The molecule has 0 aromatic heterocycles. The highest BCUT2D eigenvalue weighted by Gasteiger charge is 2.20. The van der Waals surface area contributed by atoms with Gasteiger partial charge in [-0.1, -0.05) is 0 Å². The van der Waals surface area contributed by atoms with Crippen LogP contribution in [0.2, 0.25) is 0 Å². The van der Waals surface area contributed by atoms with Crippen LogP contribution < -0.4 is 5.32 Å². The Morgan fingerprint density at radius 2 is 2.00 bits per heavy atom. The largest absolute Gasteiger partial charge is 0.480 e. The van der Waals surface area contributed by atoms with Crippen molar-refractivity contribution in [3.8, 4) is 0 Å². The van der Waals surface area contributed by atoms with Crippen molar-refractivity contribution < 1.29 is 27.9 Å². The lowest BCUT2D eigenvalue weighted by atomic mass is 10.3. The second-order valence-electron chi connectivity index (χ2n) is 3.21. The van der Waals surface area contributed by atoms with Gasteiger partial charge in [-0.15, -0.1) is 0 Å². The molecule has 1 amide bonds. The summed E-state index contributed by atoms with van der Waals surface area (Å²) in [5, 5.41) is 10.5. The Morgan fingerprint density at radius 3 is 2.44 bits per heavy atom. The van der Waals surface area contributed by atoms with E-state index in [0.717, 1.165) is 0 Å². The summed E-state index contributed by atoms with van der Waals surface area (Å²) in [6, 6.07) is -1.11. The number of sulfone groups is 1. The van der Waals surface area contributed by atoms with E-state index in [-0.39, 0.29) is 12.4 Å². The van der Waals surface area contributed by atoms with Crippen molar-refractivity contribution in [3.63, 3.8) is 0 Å². The number of amides is 1. The Kier molecular flexibility index (Phi) is 5.97. The van der Waals surface area contributed by atoms with E-state index in [1.807, 2.05) is 0 Å². The molecule has 1 unspecified atom stereocenters. The van der Waals surface area contributed by atoms with E-state index in [1.165, 1.54) is 14.0 Å². The number of carbonyl (C=O) groups excluding carboxylic acids is 1. The molecule has 0 rings (SSSR count). The molecule has 7 nitrogen and oxygen atoms in total. The van der Waals surface area contributed by atoms with E-state index in [0.29, 0.717) is 0 Å². The molecule has 0 aliphatic carbocycles. The van der Waals surface area contributed by atoms with Crippen LogP contribution in [-0.4, -0.2) is 56.7 Å². The van der Waals surface area contributed by atoms with Gasteiger partial charge in [-0.3, -0.25) is 9.59 Å². The molecule has 8 heteroatoms. The van der Waals surface area contributed by atoms with Crippen LogP contribution in [0.15, 0.2) is 0 Å². The Morgan fingerprint density at radius 1 is 1.44 bits per heavy atom. The fraction of sp³-hybridized carbons (Fsp3) is 0.750. The normalized spacial score (nSPS) is 13.1. The van der Waals surface area contributed by atoms with Crippen molar-refractivity contribution in [1.82, 2.24) is 5.32 Å². The van der Waals surface area contributed by atoms with E-state index in [4.69, 9.17) is 5.11 Å². The molecular weight excluding hydrogens is 238 g/mol. The summed E-state index contributed by atoms with van der Waals surface area (Å²) < 4.78 is 27.1. The highest BCUT2D eigenvalue weighted by atomic mass is 32.2. The minimum absolute atomic E-state index is 0.00406. The SMILES string of the molecule is COCCS(=O)(=O)CC(=O)NC(C)C(=O)O. The summed E-state index contributed by atoms with van der Waals surface area (Å²) >= 11 is 0. The third-order valence-corrected chi connectivity index (χ3v) is 3.19. The molecule has 0 aromatic carbocycles. The standard InChI is InChI=1S/C8H15NO6S/c1-6(8(11)12)9-7(10)5-16(13,14)4-3-15-2/h6H,3-5H2,1-2H3,(H,9,10)(H,11,12). The molecule has 0 aliphatic heterocycles. The Hall–Kier alpha value is -1.15. The number of aliphatic carboxylic acids is 1. The van der Waals surface area contributed by atoms with Crippen molar-refractivity contribution in [3.05, 3.63) is 0 Å². The first-order valence-corrected chi connectivity index (χ1v) is 6.32. The molecule has 16 heavy (non-hydrogen) atoms. The van der Waals surface area contributed by atoms with Crippen molar-refractivity contribution >= 4 is 21.7 Å². The number of rotatable bonds is 7. The lowest BCUT2D eigenvalue weighted by molar-refractivity contribution is -0.140. The second-order valence-corrected chi connectivity index (χ2v) is 5.40. The smallest absolute Gasteiger partial charge is 0.325 e. The average Bonchev–Trinajstić information content (AvgIpc) is 2.13. The zero-order valence-corrected chi connectivity index (χ0v) is 9.91. The summed E-state index contributed by atoms with van der Waals surface area (Å²) in [5.41, 5.74) is 0. The number of nitrogens with one attached hydrogen (secondary N) is 1. The van der Waals surface area contributed by atoms with Crippen molar-refractivity contribution in [2.75, 3.05) is 25.2 Å². The average molecular weight is 253 g/mol. The van der Waals surface area contributed by atoms with Gasteiger partial charge in [0.15, 0.2) is 9.84 Å². The van der Waals surface area contributed by atoms with E-state index < -0.39 is 33.5 Å². The molecule has 0 saturated carbocycles. The van der Waals surface area contributed by atoms with Crippen LogP contribution in [0.4, 0.5) is 0 Å². The first-order valence-electron chi connectivity index (χ1n) is 4.50. The minimum Gasteiger partial charge on any atom is -0.480 e. The fourth-order valence-corrected chi connectivity index (χ4v) is 1.87. The van der Waals surface area contributed by atoms with Crippen LogP contribution in [-0.2, 0) is 24.2 Å². The number of ether oxygens (including phenoxy) is 1.